The lowest BCUT2D eigenvalue weighted by Gasteiger charge is -2.37. The fourth-order valence-electron chi connectivity index (χ4n) is 10.5. The summed E-state index contributed by atoms with van der Waals surface area (Å²) in [5.74, 6) is -1.71. The number of nitriles is 1. The van der Waals surface area contributed by atoms with Crippen molar-refractivity contribution in [2.45, 2.75) is 110 Å². The highest BCUT2D eigenvalue weighted by Crippen LogP contribution is 2.53. The Balaban J connectivity index is 0.829. The van der Waals surface area contributed by atoms with E-state index in [0.29, 0.717) is 58.6 Å². The van der Waals surface area contributed by atoms with Gasteiger partial charge in [0.2, 0.25) is 5.91 Å². The van der Waals surface area contributed by atoms with Crippen LogP contribution in [0.5, 0.6) is 5.75 Å². The van der Waals surface area contributed by atoms with E-state index in [0.717, 1.165) is 32.3 Å². The van der Waals surface area contributed by atoms with E-state index < -0.39 is 41.1 Å². The molecule has 2 aromatic heterocycles. The largest absolute Gasteiger partial charge is 0.496 e. The van der Waals surface area contributed by atoms with Gasteiger partial charge in [0.25, 0.3) is 0 Å². The van der Waals surface area contributed by atoms with Crippen LogP contribution in [0.15, 0.2) is 83.9 Å². The molecule has 404 valence electrons. The maximum Gasteiger partial charge on any atom is 0.222 e. The van der Waals surface area contributed by atoms with Gasteiger partial charge in [-0.2, -0.15) is 5.26 Å². The summed E-state index contributed by atoms with van der Waals surface area (Å²) in [6.07, 6.45) is 0.834. The number of benzene rings is 4. The Bertz CT molecular complexity index is 3260. The average molecular weight is 1110 g/mol. The summed E-state index contributed by atoms with van der Waals surface area (Å²) in [6.45, 7) is 15.2. The van der Waals surface area contributed by atoms with Crippen molar-refractivity contribution in [3.8, 4) is 16.8 Å². The van der Waals surface area contributed by atoms with E-state index in [9.17, 15) is 19.6 Å². The van der Waals surface area contributed by atoms with Crippen LogP contribution in [0, 0.1) is 56.1 Å². The van der Waals surface area contributed by atoms with E-state index in [4.69, 9.17) is 42.4 Å². The zero-order chi connectivity index (χ0) is 55.3. The van der Waals surface area contributed by atoms with Crippen LogP contribution in [0.3, 0.4) is 0 Å². The number of Topliss-reactive ketones (excluding diaryl/α,β-unsaturated/α-hetero) is 2. The Morgan fingerprint density at radius 2 is 1.68 bits per heavy atom. The van der Waals surface area contributed by atoms with Crippen molar-refractivity contribution in [3.05, 3.63) is 162 Å². The number of methoxy groups -OCH3 is 1. The number of carbonyl (C=O) groups is 3. The minimum Gasteiger partial charge on any atom is -0.496 e. The van der Waals surface area contributed by atoms with Crippen LogP contribution < -0.4 is 15.4 Å². The summed E-state index contributed by atoms with van der Waals surface area (Å²) in [5, 5.41) is 27.8. The smallest absolute Gasteiger partial charge is 0.222 e. The monoisotopic (exact) mass is 1110 g/mol. The molecule has 0 radical (unpaired) electrons. The topological polar surface area (TPSA) is 170 Å². The molecule has 0 bridgehead atoms. The number of aromatic nitrogens is 3. The molecule has 2 aliphatic heterocycles. The normalized spacial score (nSPS) is 19.0. The SMILES string of the molecule is COc1cc(C(=O)CCCOCCOCCNC(=O)C[C@@H]2N=C(c3ccc(Cl)cc3)c3c(sc(C)c3C)-n3c(C)nnc32)ccc1CC(=O)C1N[C@@H](CC(C)(C)C)[C@](C#N)(c2ccc(C)cc2F)[C@H]1c1cccc(Cl)c1F. The second-order valence-corrected chi connectivity index (χ2v) is 23.0. The minimum atomic E-state index is -1.72. The van der Waals surface area contributed by atoms with Gasteiger partial charge in [-0.05, 0) is 93.0 Å². The molecular weight excluding hydrogens is 1040 g/mol. The number of amides is 1. The number of thiophene rings is 1. The first-order valence-electron chi connectivity index (χ1n) is 25.7. The first-order valence-corrected chi connectivity index (χ1v) is 27.2. The molecule has 18 heteroatoms. The molecule has 6 aromatic rings. The first kappa shape index (κ1) is 57.0. The van der Waals surface area contributed by atoms with Gasteiger partial charge in [-0.15, -0.1) is 21.5 Å². The van der Waals surface area contributed by atoms with Gasteiger partial charge in [-0.3, -0.25) is 23.9 Å². The van der Waals surface area contributed by atoms with Gasteiger partial charge in [0.15, 0.2) is 17.4 Å². The molecule has 1 amide bonds. The Labute approximate surface area is 462 Å². The molecule has 0 aliphatic carbocycles. The van der Waals surface area contributed by atoms with Crippen molar-refractivity contribution in [2.75, 3.05) is 40.1 Å². The van der Waals surface area contributed by atoms with E-state index in [1.54, 1.807) is 54.7 Å². The van der Waals surface area contributed by atoms with Gasteiger partial charge in [0, 0.05) is 75.7 Å². The van der Waals surface area contributed by atoms with Crippen LogP contribution >= 0.6 is 34.5 Å². The number of hydrogen-bond acceptors (Lipinski definition) is 12. The summed E-state index contributed by atoms with van der Waals surface area (Å²) in [5.41, 5.74) is 3.26. The fourth-order valence-corrected chi connectivity index (χ4v) is 12.1. The molecule has 5 atom stereocenters. The first-order chi connectivity index (χ1) is 36.8. The molecule has 1 saturated heterocycles. The number of halogens is 4. The molecule has 77 heavy (non-hydrogen) atoms. The number of aryl methyl sites for hydroxylation is 3. The lowest BCUT2D eigenvalue weighted by molar-refractivity contribution is -0.122. The predicted octanol–water partition coefficient (Wildman–Crippen LogP) is 11.4. The number of fused-ring (bicyclic) bond motifs is 3. The lowest BCUT2D eigenvalue weighted by atomic mass is 9.62. The van der Waals surface area contributed by atoms with Crippen LogP contribution in [0.2, 0.25) is 10.0 Å². The highest BCUT2D eigenvalue weighted by atomic mass is 35.5. The maximum absolute atomic E-state index is 16.2. The Kier molecular flexibility index (Phi) is 17.9. The van der Waals surface area contributed by atoms with Crippen LogP contribution in [0.25, 0.3) is 5.00 Å². The summed E-state index contributed by atoms with van der Waals surface area (Å²) in [4.78, 5) is 47.8. The summed E-state index contributed by atoms with van der Waals surface area (Å²) in [7, 11) is 1.45. The molecule has 0 saturated carbocycles. The zero-order valence-electron chi connectivity index (χ0n) is 44.5. The molecule has 4 aromatic carbocycles. The standard InChI is InChI=1S/C59H63Cl2F2N7O6S/c1-33-14-21-42(44(62)27-33)59(32-64)49(31-58(5,6)7)67-55(52(59)41-11-9-12-43(61)53(41)63)47(72)28-39-16-15-38(29-48(39)74-8)46(71)13-10-23-75-25-26-76-24-22-65-50(73)30-45-56-69-68-36(4)70(56)57-51(34(2)35(3)77-57)54(66-45)37-17-19-40(60)20-18-37/h9,11-12,14-21,27,29,45,49,52,55,67H,10,13,22-26,28,30-31H2,1-8H3,(H,65,73)/t45-,49-,52-,55?,59-/m0/s1. The highest BCUT2D eigenvalue weighted by Gasteiger charge is 2.61. The van der Waals surface area contributed by atoms with Gasteiger partial charge in [-0.1, -0.05) is 92.5 Å². The Hall–Kier alpha value is -6.19. The van der Waals surface area contributed by atoms with Crippen molar-refractivity contribution >= 4 is 57.7 Å². The van der Waals surface area contributed by atoms with E-state index in [1.807, 2.05) is 56.5 Å². The molecule has 0 spiro atoms. The second kappa shape index (κ2) is 24.2. The summed E-state index contributed by atoms with van der Waals surface area (Å²) >= 11 is 14.2. The number of rotatable bonds is 21. The van der Waals surface area contributed by atoms with Gasteiger partial charge in [0.05, 0.1) is 56.2 Å². The summed E-state index contributed by atoms with van der Waals surface area (Å²) in [6, 6.07) is 21.4. The van der Waals surface area contributed by atoms with Crippen molar-refractivity contribution in [3.63, 3.8) is 0 Å². The molecule has 4 heterocycles. The van der Waals surface area contributed by atoms with Crippen LogP contribution in [-0.4, -0.2) is 90.1 Å². The number of nitrogens with zero attached hydrogens (tertiary/aromatic N) is 5. The number of nitrogens with one attached hydrogen (secondary N) is 2. The quantitative estimate of drug-likeness (QED) is 0.0522. The Morgan fingerprint density at radius 1 is 0.935 bits per heavy atom. The third-order valence-electron chi connectivity index (χ3n) is 14.3. The van der Waals surface area contributed by atoms with Crippen molar-refractivity contribution < 1.29 is 37.4 Å². The highest BCUT2D eigenvalue weighted by molar-refractivity contribution is 7.15. The number of hydrogen-bond donors (Lipinski definition) is 2. The van der Waals surface area contributed by atoms with Gasteiger partial charge in [0.1, 0.15) is 39.7 Å². The lowest BCUT2D eigenvalue weighted by Crippen LogP contribution is -2.44. The third kappa shape index (κ3) is 12.3. The number of ether oxygens (including phenoxy) is 3. The average Bonchev–Trinajstić information content (AvgIpc) is 4.01. The third-order valence-corrected chi connectivity index (χ3v) is 16.1. The van der Waals surface area contributed by atoms with Crippen LogP contribution in [-0.2, 0) is 30.9 Å². The maximum atomic E-state index is 16.2. The summed E-state index contributed by atoms with van der Waals surface area (Å²) < 4.78 is 51.6. The van der Waals surface area contributed by atoms with Gasteiger partial charge < -0.3 is 24.8 Å². The van der Waals surface area contributed by atoms with E-state index in [1.165, 1.54) is 25.3 Å². The minimum absolute atomic E-state index is 0.0282. The predicted molar refractivity (Wildman–Crippen MR) is 295 cm³/mol. The molecule has 13 nitrogen and oxygen atoms in total. The number of ketones is 2. The zero-order valence-corrected chi connectivity index (χ0v) is 46.8. The molecule has 2 aliphatic rings. The van der Waals surface area contributed by atoms with Crippen molar-refractivity contribution in [1.82, 2.24) is 25.4 Å². The van der Waals surface area contributed by atoms with Gasteiger partial charge in [-0.25, -0.2) is 8.78 Å². The van der Waals surface area contributed by atoms with E-state index in [2.05, 4.69) is 40.7 Å². The number of aliphatic imine (C=N–C) groups is 1. The van der Waals surface area contributed by atoms with Gasteiger partial charge >= 0.3 is 0 Å². The van der Waals surface area contributed by atoms with Crippen molar-refractivity contribution in [1.29, 1.82) is 5.26 Å². The van der Waals surface area contributed by atoms with Crippen molar-refractivity contribution in [2.24, 2.45) is 10.4 Å². The second-order valence-electron chi connectivity index (χ2n) is 20.9. The molecule has 1 fully saturated rings. The van der Waals surface area contributed by atoms with E-state index >= 15 is 8.78 Å². The molecule has 8 rings (SSSR count). The molecular formula is C59H63Cl2F2N7O6S. The molecule has 1 unspecified atom stereocenters. The van der Waals surface area contributed by atoms with Crippen LogP contribution in [0.4, 0.5) is 8.78 Å². The van der Waals surface area contributed by atoms with E-state index in [-0.39, 0.29) is 84.7 Å². The number of carbonyl (C=O) groups excluding carboxylic acids is 3. The fraction of sp³-hybridized carbons (Fsp3) is 0.407. The van der Waals surface area contributed by atoms with Crippen LogP contribution in [0.1, 0.15) is 124 Å². The molecule has 2 N–H and O–H groups in total. The Morgan fingerprint density at radius 3 is 2.38 bits per heavy atom.